The molecule has 1 aromatic heterocycles. The molecule has 1 heterocycles. The highest BCUT2D eigenvalue weighted by Crippen LogP contribution is 2.29. The molecular formula is C24H21N3O4S. The summed E-state index contributed by atoms with van der Waals surface area (Å²) in [5.41, 5.74) is 2.16. The van der Waals surface area contributed by atoms with Gasteiger partial charge < -0.3 is 19.8 Å². The summed E-state index contributed by atoms with van der Waals surface area (Å²) < 4.78 is 12.2. The van der Waals surface area contributed by atoms with Crippen molar-refractivity contribution < 1.29 is 14.3 Å². The van der Waals surface area contributed by atoms with Crippen LogP contribution in [0, 0.1) is 4.77 Å². The quantitative estimate of drug-likeness (QED) is 0.437. The predicted molar refractivity (Wildman–Crippen MR) is 125 cm³/mol. The molecule has 0 aliphatic carbocycles. The van der Waals surface area contributed by atoms with Crippen LogP contribution in [-0.2, 0) is 6.54 Å². The standard InChI is InChI=1S/C24H21N3O4S/c1-30-20-11-9-17(13-21(20)31-2)27-23(29)18-10-8-16(12-19(18)26-24(27)32)22(28)25-14-15-6-4-3-5-7-15/h3-13H,14H2,1-2H3,(H,25,28)(H,26,32). The Hall–Kier alpha value is -3.91. The molecule has 0 bridgehead atoms. The molecule has 0 aliphatic heterocycles. The Morgan fingerprint density at radius 1 is 1.00 bits per heavy atom. The van der Waals surface area contributed by atoms with E-state index < -0.39 is 0 Å². The number of benzene rings is 3. The van der Waals surface area contributed by atoms with E-state index in [0.29, 0.717) is 40.2 Å². The van der Waals surface area contributed by atoms with Crippen molar-refractivity contribution in [3.05, 3.63) is 93.0 Å². The highest BCUT2D eigenvalue weighted by molar-refractivity contribution is 7.71. The van der Waals surface area contributed by atoms with Crippen molar-refractivity contribution in [2.75, 3.05) is 14.2 Å². The molecule has 4 aromatic rings. The summed E-state index contributed by atoms with van der Waals surface area (Å²) in [6.45, 7) is 0.411. The molecule has 3 aromatic carbocycles. The molecule has 2 N–H and O–H groups in total. The first-order valence-corrected chi connectivity index (χ1v) is 10.3. The van der Waals surface area contributed by atoms with E-state index in [-0.39, 0.29) is 16.2 Å². The summed E-state index contributed by atoms with van der Waals surface area (Å²) in [5.74, 6) is 0.794. The van der Waals surface area contributed by atoms with Gasteiger partial charge >= 0.3 is 0 Å². The Kier molecular flexibility index (Phi) is 6.04. The van der Waals surface area contributed by atoms with E-state index in [2.05, 4.69) is 10.3 Å². The van der Waals surface area contributed by atoms with Gasteiger partial charge in [0.1, 0.15) is 0 Å². The van der Waals surface area contributed by atoms with Crippen molar-refractivity contribution in [1.82, 2.24) is 14.9 Å². The van der Waals surface area contributed by atoms with Crippen molar-refractivity contribution in [2.24, 2.45) is 0 Å². The largest absolute Gasteiger partial charge is 0.493 e. The number of amides is 1. The third kappa shape index (κ3) is 4.13. The van der Waals surface area contributed by atoms with E-state index >= 15 is 0 Å². The average Bonchev–Trinajstić information content (AvgIpc) is 2.82. The maximum Gasteiger partial charge on any atom is 0.266 e. The number of rotatable bonds is 6. The Labute approximate surface area is 189 Å². The average molecular weight is 448 g/mol. The molecule has 7 nitrogen and oxygen atoms in total. The van der Waals surface area contributed by atoms with Crippen LogP contribution in [0.25, 0.3) is 16.6 Å². The number of aromatic nitrogens is 2. The first-order valence-electron chi connectivity index (χ1n) is 9.85. The fourth-order valence-corrected chi connectivity index (χ4v) is 3.74. The SMILES string of the molecule is COc1ccc(-n2c(=S)[nH]c3cc(C(=O)NCc4ccccc4)ccc3c2=O)cc1OC. The first kappa shape index (κ1) is 21.3. The fraction of sp³-hybridized carbons (Fsp3) is 0.125. The van der Waals surface area contributed by atoms with Gasteiger partial charge in [0.25, 0.3) is 11.5 Å². The van der Waals surface area contributed by atoms with E-state index in [1.165, 1.54) is 11.7 Å². The second kappa shape index (κ2) is 9.07. The zero-order valence-corrected chi connectivity index (χ0v) is 18.4. The summed E-state index contributed by atoms with van der Waals surface area (Å²) in [7, 11) is 3.06. The van der Waals surface area contributed by atoms with E-state index in [4.69, 9.17) is 21.7 Å². The number of nitrogens with zero attached hydrogens (tertiary/aromatic N) is 1. The molecule has 0 radical (unpaired) electrons. The highest BCUT2D eigenvalue weighted by atomic mass is 32.1. The molecule has 8 heteroatoms. The van der Waals surface area contributed by atoms with Gasteiger partial charge in [-0.05, 0) is 48.1 Å². The van der Waals surface area contributed by atoms with Gasteiger partial charge in [0.2, 0.25) is 0 Å². The van der Waals surface area contributed by atoms with Crippen LogP contribution >= 0.6 is 12.2 Å². The van der Waals surface area contributed by atoms with E-state index in [1.807, 2.05) is 30.3 Å². The Morgan fingerprint density at radius 2 is 1.75 bits per heavy atom. The third-order valence-corrected chi connectivity index (χ3v) is 5.37. The lowest BCUT2D eigenvalue weighted by molar-refractivity contribution is 0.0951. The Balaban J connectivity index is 1.69. The van der Waals surface area contributed by atoms with Crippen LogP contribution in [0.15, 0.2) is 71.5 Å². The van der Waals surface area contributed by atoms with Gasteiger partial charge in [-0.1, -0.05) is 30.3 Å². The number of hydrogen-bond acceptors (Lipinski definition) is 5. The number of H-pyrrole nitrogens is 1. The zero-order valence-electron chi connectivity index (χ0n) is 17.5. The van der Waals surface area contributed by atoms with Gasteiger partial charge in [0, 0.05) is 18.2 Å². The lowest BCUT2D eigenvalue weighted by Gasteiger charge is -2.12. The van der Waals surface area contributed by atoms with Gasteiger partial charge in [0.05, 0.1) is 30.8 Å². The van der Waals surface area contributed by atoms with Crippen molar-refractivity contribution in [3.8, 4) is 17.2 Å². The third-order valence-electron chi connectivity index (χ3n) is 5.08. The minimum absolute atomic E-state index is 0.205. The molecular weight excluding hydrogens is 426 g/mol. The summed E-state index contributed by atoms with van der Waals surface area (Å²) in [6.07, 6.45) is 0. The van der Waals surface area contributed by atoms with Gasteiger partial charge in [-0.15, -0.1) is 0 Å². The first-order chi connectivity index (χ1) is 15.5. The second-order valence-corrected chi connectivity index (χ2v) is 7.43. The lowest BCUT2D eigenvalue weighted by Crippen LogP contribution is -2.24. The van der Waals surface area contributed by atoms with Gasteiger partial charge in [-0.2, -0.15) is 0 Å². The topological polar surface area (TPSA) is 85.4 Å². The molecule has 0 saturated carbocycles. The van der Waals surface area contributed by atoms with Crippen LogP contribution in [0.1, 0.15) is 15.9 Å². The summed E-state index contributed by atoms with van der Waals surface area (Å²) in [5, 5.41) is 3.29. The molecule has 32 heavy (non-hydrogen) atoms. The zero-order chi connectivity index (χ0) is 22.7. The van der Waals surface area contributed by atoms with E-state index in [1.54, 1.807) is 43.5 Å². The highest BCUT2D eigenvalue weighted by Gasteiger charge is 2.13. The van der Waals surface area contributed by atoms with Crippen molar-refractivity contribution in [1.29, 1.82) is 0 Å². The Bertz CT molecular complexity index is 1410. The number of methoxy groups -OCH3 is 2. The summed E-state index contributed by atoms with van der Waals surface area (Å²) in [6, 6.07) is 19.6. The van der Waals surface area contributed by atoms with Crippen LogP contribution in [0.5, 0.6) is 11.5 Å². The summed E-state index contributed by atoms with van der Waals surface area (Å²) in [4.78, 5) is 28.8. The number of carbonyl (C=O) groups excluding carboxylic acids is 1. The normalized spacial score (nSPS) is 10.7. The van der Waals surface area contributed by atoms with E-state index in [9.17, 15) is 9.59 Å². The molecule has 0 atom stereocenters. The molecule has 1 amide bonds. The monoisotopic (exact) mass is 447 g/mol. The van der Waals surface area contributed by atoms with Crippen LogP contribution in [0.2, 0.25) is 0 Å². The molecule has 162 valence electrons. The number of hydrogen-bond donors (Lipinski definition) is 2. The van der Waals surface area contributed by atoms with Crippen molar-refractivity contribution in [3.63, 3.8) is 0 Å². The maximum absolute atomic E-state index is 13.2. The van der Waals surface area contributed by atoms with Crippen LogP contribution in [-0.4, -0.2) is 29.7 Å². The van der Waals surface area contributed by atoms with Gasteiger partial charge in [-0.3, -0.25) is 14.2 Å². The van der Waals surface area contributed by atoms with E-state index in [0.717, 1.165) is 5.56 Å². The molecule has 0 fully saturated rings. The summed E-state index contributed by atoms with van der Waals surface area (Å²) >= 11 is 5.45. The number of aromatic amines is 1. The predicted octanol–water partition coefficient (Wildman–Crippen LogP) is 4.00. The van der Waals surface area contributed by atoms with Crippen molar-refractivity contribution in [2.45, 2.75) is 6.54 Å². The molecule has 4 rings (SSSR count). The fourth-order valence-electron chi connectivity index (χ4n) is 3.44. The second-order valence-electron chi connectivity index (χ2n) is 7.04. The molecule has 0 saturated heterocycles. The van der Waals surface area contributed by atoms with Gasteiger partial charge in [-0.25, -0.2) is 0 Å². The van der Waals surface area contributed by atoms with Crippen LogP contribution < -0.4 is 20.3 Å². The number of nitrogens with one attached hydrogen (secondary N) is 2. The van der Waals surface area contributed by atoms with Crippen LogP contribution in [0.4, 0.5) is 0 Å². The van der Waals surface area contributed by atoms with Crippen LogP contribution in [0.3, 0.4) is 0 Å². The smallest absolute Gasteiger partial charge is 0.266 e. The lowest BCUT2D eigenvalue weighted by atomic mass is 10.1. The molecule has 0 unspecified atom stereocenters. The Morgan fingerprint density at radius 3 is 2.47 bits per heavy atom. The maximum atomic E-state index is 13.2. The number of fused-ring (bicyclic) bond motifs is 1. The number of carbonyl (C=O) groups is 1. The number of ether oxygens (including phenoxy) is 2. The molecule has 0 aliphatic rings. The van der Waals surface area contributed by atoms with Crippen molar-refractivity contribution >= 4 is 29.0 Å². The van der Waals surface area contributed by atoms with Gasteiger partial charge in [0.15, 0.2) is 16.3 Å². The molecule has 0 spiro atoms. The minimum Gasteiger partial charge on any atom is -0.493 e. The minimum atomic E-state index is -0.299.